The van der Waals surface area contributed by atoms with Gasteiger partial charge >= 0.3 is 0 Å². The fraction of sp³-hybridized carbons (Fsp3) is 0.500. The minimum Gasteiger partial charge on any atom is -0.399 e. The number of nitrogens with zero attached hydrogens (tertiary/aromatic N) is 4. The first kappa shape index (κ1) is 15.7. The Morgan fingerprint density at radius 1 is 1.38 bits per heavy atom. The maximum absolute atomic E-state index is 6.25. The van der Waals surface area contributed by atoms with Crippen molar-refractivity contribution in [3.05, 3.63) is 23.2 Å². The Balaban J connectivity index is 2.43. The molecule has 0 bridgehead atoms. The second-order valence-corrected chi connectivity index (χ2v) is 5.56. The van der Waals surface area contributed by atoms with E-state index in [4.69, 9.17) is 22.1 Å². The molecule has 1 heterocycles. The molecule has 0 radical (unpaired) electrons. The zero-order valence-electron chi connectivity index (χ0n) is 12.5. The molecule has 0 aliphatic heterocycles. The number of halogens is 1. The number of rotatable bonds is 6. The van der Waals surface area contributed by atoms with Gasteiger partial charge in [-0.05, 0) is 41.5 Å². The molecule has 0 saturated carbocycles. The lowest BCUT2D eigenvalue weighted by molar-refractivity contribution is 0.0913. The fourth-order valence-electron chi connectivity index (χ4n) is 2.09. The van der Waals surface area contributed by atoms with Gasteiger partial charge in [-0.3, -0.25) is 0 Å². The zero-order valence-corrected chi connectivity index (χ0v) is 13.2. The maximum Gasteiger partial charge on any atom is 0.183 e. The highest BCUT2D eigenvalue weighted by molar-refractivity contribution is 6.33. The third-order valence-electron chi connectivity index (χ3n) is 3.30. The van der Waals surface area contributed by atoms with Crippen LogP contribution >= 0.6 is 11.6 Å². The van der Waals surface area contributed by atoms with Crippen molar-refractivity contribution in [1.29, 1.82) is 0 Å². The minimum absolute atomic E-state index is 0.0347. The van der Waals surface area contributed by atoms with Crippen molar-refractivity contribution >= 4 is 17.3 Å². The standard InChI is InChI=1S/C14H20ClN5O/c1-4-21-8-13(9(2)3)20-14(17-18-19-20)11-7-10(16)5-6-12(11)15/h5-7,9,13H,4,8,16H2,1-3H3. The number of hydrogen-bond acceptors (Lipinski definition) is 5. The smallest absolute Gasteiger partial charge is 0.183 e. The minimum atomic E-state index is 0.0347. The quantitative estimate of drug-likeness (QED) is 0.830. The number of benzene rings is 1. The summed E-state index contributed by atoms with van der Waals surface area (Å²) < 4.78 is 7.32. The Bertz CT molecular complexity index is 599. The molecular formula is C14H20ClN5O. The fourth-order valence-corrected chi connectivity index (χ4v) is 2.29. The van der Waals surface area contributed by atoms with E-state index in [9.17, 15) is 0 Å². The number of anilines is 1. The normalized spacial score (nSPS) is 12.8. The lowest BCUT2D eigenvalue weighted by Gasteiger charge is -2.22. The van der Waals surface area contributed by atoms with Crippen LogP contribution in [0.5, 0.6) is 0 Å². The van der Waals surface area contributed by atoms with Crippen LogP contribution in [0.15, 0.2) is 18.2 Å². The van der Waals surface area contributed by atoms with Crippen LogP contribution in [0.4, 0.5) is 5.69 Å². The van der Waals surface area contributed by atoms with Gasteiger partial charge in [0, 0.05) is 17.9 Å². The summed E-state index contributed by atoms with van der Waals surface area (Å²) in [6.45, 7) is 7.38. The van der Waals surface area contributed by atoms with Gasteiger partial charge in [-0.25, -0.2) is 4.68 Å². The van der Waals surface area contributed by atoms with E-state index in [1.54, 1.807) is 22.9 Å². The molecular weight excluding hydrogens is 290 g/mol. The SMILES string of the molecule is CCOCC(C(C)C)n1nnnc1-c1cc(N)ccc1Cl. The van der Waals surface area contributed by atoms with Gasteiger partial charge in [-0.15, -0.1) is 5.10 Å². The first-order valence-electron chi connectivity index (χ1n) is 6.95. The Labute approximate surface area is 129 Å². The predicted molar refractivity (Wildman–Crippen MR) is 83.0 cm³/mol. The Hall–Kier alpha value is -1.66. The van der Waals surface area contributed by atoms with Crippen LogP contribution in [-0.2, 0) is 4.74 Å². The van der Waals surface area contributed by atoms with E-state index >= 15 is 0 Å². The van der Waals surface area contributed by atoms with Crippen molar-refractivity contribution in [2.24, 2.45) is 5.92 Å². The van der Waals surface area contributed by atoms with Crippen LogP contribution in [0.1, 0.15) is 26.8 Å². The lowest BCUT2D eigenvalue weighted by atomic mass is 10.0. The number of tetrazole rings is 1. The van der Waals surface area contributed by atoms with Crippen molar-refractivity contribution in [2.45, 2.75) is 26.8 Å². The molecule has 0 aliphatic carbocycles. The number of aromatic nitrogens is 4. The van der Waals surface area contributed by atoms with Gasteiger partial charge in [0.2, 0.25) is 0 Å². The summed E-state index contributed by atoms with van der Waals surface area (Å²) in [4.78, 5) is 0. The van der Waals surface area contributed by atoms with E-state index in [1.807, 2.05) is 6.92 Å². The highest BCUT2D eigenvalue weighted by Gasteiger charge is 2.23. The summed E-state index contributed by atoms with van der Waals surface area (Å²) in [6.07, 6.45) is 0. The third-order valence-corrected chi connectivity index (χ3v) is 3.63. The topological polar surface area (TPSA) is 78.8 Å². The molecule has 1 atom stereocenters. The van der Waals surface area contributed by atoms with Crippen LogP contribution in [0, 0.1) is 5.92 Å². The summed E-state index contributed by atoms with van der Waals surface area (Å²) in [5.74, 6) is 0.921. The van der Waals surface area contributed by atoms with E-state index in [0.29, 0.717) is 35.7 Å². The first-order valence-corrected chi connectivity index (χ1v) is 7.33. The third kappa shape index (κ3) is 3.51. The summed E-state index contributed by atoms with van der Waals surface area (Å²) in [6, 6.07) is 5.31. The highest BCUT2D eigenvalue weighted by Crippen LogP contribution is 2.30. The van der Waals surface area contributed by atoms with Gasteiger partial charge in [-0.2, -0.15) is 0 Å². The van der Waals surface area contributed by atoms with E-state index in [0.717, 1.165) is 5.56 Å². The van der Waals surface area contributed by atoms with Crippen molar-refractivity contribution in [3.8, 4) is 11.4 Å². The number of hydrogen-bond donors (Lipinski definition) is 1. The molecule has 0 aliphatic rings. The van der Waals surface area contributed by atoms with Crippen molar-refractivity contribution in [3.63, 3.8) is 0 Å². The van der Waals surface area contributed by atoms with Crippen molar-refractivity contribution in [2.75, 3.05) is 18.9 Å². The predicted octanol–water partition coefficient (Wildman–Crippen LogP) is 2.81. The van der Waals surface area contributed by atoms with Gasteiger partial charge in [0.05, 0.1) is 17.7 Å². The van der Waals surface area contributed by atoms with Crippen LogP contribution < -0.4 is 5.73 Å². The number of ether oxygens (including phenoxy) is 1. The molecule has 0 saturated heterocycles. The van der Waals surface area contributed by atoms with Crippen molar-refractivity contribution < 1.29 is 4.74 Å². The summed E-state index contributed by atoms with van der Waals surface area (Å²) in [5, 5.41) is 12.6. The molecule has 2 N–H and O–H groups in total. The largest absolute Gasteiger partial charge is 0.399 e. The molecule has 6 nitrogen and oxygen atoms in total. The summed E-state index contributed by atoms with van der Waals surface area (Å²) in [7, 11) is 0. The van der Waals surface area contributed by atoms with Gasteiger partial charge < -0.3 is 10.5 Å². The molecule has 21 heavy (non-hydrogen) atoms. The van der Waals surface area contributed by atoms with Gasteiger partial charge in [0.25, 0.3) is 0 Å². The molecule has 0 fully saturated rings. The molecule has 1 aromatic heterocycles. The molecule has 2 rings (SSSR count). The summed E-state index contributed by atoms with van der Waals surface area (Å²) in [5.41, 5.74) is 7.18. The van der Waals surface area contributed by atoms with Crippen LogP contribution in [0.3, 0.4) is 0 Å². The lowest BCUT2D eigenvalue weighted by Crippen LogP contribution is -2.23. The molecule has 0 spiro atoms. The Kier molecular flexibility index (Phi) is 5.14. The second kappa shape index (κ2) is 6.87. The highest BCUT2D eigenvalue weighted by atomic mass is 35.5. The average molecular weight is 310 g/mol. The van der Waals surface area contributed by atoms with Crippen LogP contribution in [0.2, 0.25) is 5.02 Å². The van der Waals surface area contributed by atoms with E-state index < -0.39 is 0 Å². The molecule has 0 amide bonds. The molecule has 2 aromatic rings. The van der Waals surface area contributed by atoms with Crippen LogP contribution in [-0.4, -0.2) is 33.4 Å². The average Bonchev–Trinajstić information content (AvgIpc) is 2.90. The van der Waals surface area contributed by atoms with Gasteiger partial charge in [0.15, 0.2) is 5.82 Å². The summed E-state index contributed by atoms with van der Waals surface area (Å²) >= 11 is 6.25. The van der Waals surface area contributed by atoms with E-state index in [-0.39, 0.29) is 6.04 Å². The van der Waals surface area contributed by atoms with E-state index in [1.165, 1.54) is 0 Å². The monoisotopic (exact) mass is 309 g/mol. The molecule has 114 valence electrons. The van der Waals surface area contributed by atoms with Gasteiger partial charge in [0.1, 0.15) is 0 Å². The maximum atomic E-state index is 6.25. The molecule has 1 unspecified atom stereocenters. The zero-order chi connectivity index (χ0) is 15.4. The first-order chi connectivity index (χ1) is 10.0. The Morgan fingerprint density at radius 3 is 2.81 bits per heavy atom. The second-order valence-electron chi connectivity index (χ2n) is 5.16. The van der Waals surface area contributed by atoms with E-state index in [2.05, 4.69) is 29.4 Å². The number of nitrogens with two attached hydrogens (primary N) is 1. The molecule has 7 heteroatoms. The van der Waals surface area contributed by atoms with Gasteiger partial charge in [-0.1, -0.05) is 25.4 Å². The number of nitrogen functional groups attached to an aromatic ring is 1. The Morgan fingerprint density at radius 2 is 2.14 bits per heavy atom. The molecule has 1 aromatic carbocycles. The van der Waals surface area contributed by atoms with Crippen molar-refractivity contribution in [1.82, 2.24) is 20.2 Å². The van der Waals surface area contributed by atoms with Crippen LogP contribution in [0.25, 0.3) is 11.4 Å².